The van der Waals surface area contributed by atoms with Gasteiger partial charge >= 0.3 is 17.9 Å². The van der Waals surface area contributed by atoms with Crippen LogP contribution in [0.25, 0.3) is 0 Å². The average molecular weight is 1070 g/mol. The Labute approximate surface area is 477 Å². The van der Waals surface area contributed by atoms with Crippen molar-refractivity contribution in [3.63, 3.8) is 0 Å². The molecular formula is C71H122O6. The van der Waals surface area contributed by atoms with Crippen LogP contribution in [-0.2, 0) is 28.6 Å². The van der Waals surface area contributed by atoms with Gasteiger partial charge in [-0.2, -0.15) is 0 Å². The molecule has 0 aliphatic rings. The topological polar surface area (TPSA) is 78.9 Å². The lowest BCUT2D eigenvalue weighted by Gasteiger charge is -2.18. The first kappa shape index (κ1) is 73.3. The van der Waals surface area contributed by atoms with Crippen LogP contribution in [0.1, 0.15) is 316 Å². The van der Waals surface area contributed by atoms with Crippen molar-refractivity contribution < 1.29 is 28.6 Å². The van der Waals surface area contributed by atoms with Gasteiger partial charge in [-0.1, -0.05) is 298 Å². The molecule has 0 aliphatic heterocycles. The number of carbonyl (C=O) groups excluding carboxylic acids is 3. The quantitative estimate of drug-likeness (QED) is 0.0261. The second-order valence-corrected chi connectivity index (χ2v) is 21.6. The lowest BCUT2D eigenvalue weighted by Crippen LogP contribution is -2.30. The summed E-state index contributed by atoms with van der Waals surface area (Å²) in [4.78, 5) is 38.2. The highest BCUT2D eigenvalue weighted by Gasteiger charge is 2.19. The summed E-state index contributed by atoms with van der Waals surface area (Å²) in [5.41, 5.74) is 0. The molecule has 0 heterocycles. The van der Waals surface area contributed by atoms with E-state index in [0.29, 0.717) is 19.3 Å². The van der Waals surface area contributed by atoms with Gasteiger partial charge in [-0.15, -0.1) is 0 Å². The van der Waals surface area contributed by atoms with E-state index in [0.717, 1.165) is 128 Å². The van der Waals surface area contributed by atoms with Gasteiger partial charge in [0.25, 0.3) is 0 Å². The van der Waals surface area contributed by atoms with Gasteiger partial charge in [-0.05, 0) is 96.3 Å². The van der Waals surface area contributed by atoms with E-state index in [1.165, 1.54) is 148 Å². The van der Waals surface area contributed by atoms with Crippen LogP contribution in [-0.4, -0.2) is 37.2 Å². The fourth-order valence-corrected chi connectivity index (χ4v) is 9.19. The van der Waals surface area contributed by atoms with E-state index in [4.69, 9.17) is 14.2 Å². The predicted molar refractivity (Wildman–Crippen MR) is 334 cm³/mol. The van der Waals surface area contributed by atoms with Crippen LogP contribution in [0.4, 0.5) is 0 Å². The Kier molecular flexibility index (Phi) is 61.8. The van der Waals surface area contributed by atoms with Crippen molar-refractivity contribution >= 4 is 17.9 Å². The van der Waals surface area contributed by atoms with Crippen molar-refractivity contribution in [1.82, 2.24) is 0 Å². The molecule has 0 amide bonds. The molecule has 0 aromatic carbocycles. The number of hydrogen-bond acceptors (Lipinski definition) is 6. The molecule has 0 aromatic rings. The molecule has 0 bridgehead atoms. The van der Waals surface area contributed by atoms with Gasteiger partial charge in [0, 0.05) is 19.3 Å². The molecule has 1 atom stereocenters. The Morgan fingerprint density at radius 3 is 0.844 bits per heavy atom. The summed E-state index contributed by atoms with van der Waals surface area (Å²) in [6.07, 6.45) is 87.2. The molecule has 0 rings (SSSR count). The molecule has 0 saturated heterocycles. The maximum absolute atomic E-state index is 12.8. The Balaban J connectivity index is 4.07. The molecule has 6 heteroatoms. The van der Waals surface area contributed by atoms with E-state index in [1.54, 1.807) is 0 Å². The first-order valence-corrected chi connectivity index (χ1v) is 32.7. The predicted octanol–water partition coefficient (Wildman–Crippen LogP) is 22.4. The number of esters is 3. The van der Waals surface area contributed by atoms with Crippen molar-refractivity contribution in [3.05, 3.63) is 97.2 Å². The van der Waals surface area contributed by atoms with Gasteiger partial charge in [0.15, 0.2) is 6.10 Å². The summed E-state index contributed by atoms with van der Waals surface area (Å²) >= 11 is 0. The molecule has 0 fully saturated rings. The van der Waals surface area contributed by atoms with Crippen molar-refractivity contribution in [1.29, 1.82) is 0 Å². The van der Waals surface area contributed by atoms with Crippen molar-refractivity contribution in [2.24, 2.45) is 0 Å². The van der Waals surface area contributed by atoms with E-state index in [9.17, 15) is 14.4 Å². The van der Waals surface area contributed by atoms with E-state index in [1.807, 2.05) is 0 Å². The summed E-state index contributed by atoms with van der Waals surface area (Å²) < 4.78 is 16.9. The Hall–Kier alpha value is -3.67. The minimum Gasteiger partial charge on any atom is -0.462 e. The van der Waals surface area contributed by atoms with Crippen LogP contribution >= 0.6 is 0 Å². The van der Waals surface area contributed by atoms with Crippen LogP contribution in [0, 0.1) is 0 Å². The zero-order valence-electron chi connectivity index (χ0n) is 50.7. The highest BCUT2D eigenvalue weighted by Crippen LogP contribution is 2.17. The molecule has 0 spiro atoms. The standard InChI is InChI=1S/C71H122O6/c1-4-7-10-13-16-19-22-24-25-26-27-28-29-30-31-32-33-34-35-36-37-38-39-40-41-42-43-44-45-47-49-52-55-58-61-64-70(73)76-67-68(66-75-69(72)63-60-57-54-51-48-21-18-15-12-9-6-3)77-71(74)65-62-59-56-53-50-46-23-20-17-14-11-8-5-2/h7,10-11,14,16,19-20,23-25,27-28,30-31,33-34,68H,4-6,8-9,12-13,15,17-18,21-22,26,29,32,35-67H2,1-3H3/b10-7-,14-11-,19-16-,23-20-,25-24-,28-27-,31-30-,34-33-. The number of ether oxygens (including phenoxy) is 3. The summed E-state index contributed by atoms with van der Waals surface area (Å²) in [7, 11) is 0. The van der Waals surface area contributed by atoms with E-state index in [2.05, 4.69) is 118 Å². The number of rotatable bonds is 59. The monoisotopic (exact) mass is 1070 g/mol. The van der Waals surface area contributed by atoms with Gasteiger partial charge in [-0.25, -0.2) is 0 Å². The summed E-state index contributed by atoms with van der Waals surface area (Å²) in [5.74, 6) is -0.883. The molecule has 0 N–H and O–H groups in total. The maximum Gasteiger partial charge on any atom is 0.306 e. The minimum absolute atomic E-state index is 0.0783. The Morgan fingerprint density at radius 2 is 0.532 bits per heavy atom. The van der Waals surface area contributed by atoms with E-state index in [-0.39, 0.29) is 31.1 Å². The Bertz CT molecular complexity index is 1510. The first-order valence-electron chi connectivity index (χ1n) is 32.7. The average Bonchev–Trinajstić information content (AvgIpc) is 3.43. The zero-order valence-corrected chi connectivity index (χ0v) is 50.7. The molecule has 6 nitrogen and oxygen atoms in total. The molecule has 0 saturated carbocycles. The lowest BCUT2D eigenvalue weighted by atomic mass is 10.0. The SMILES string of the molecule is CC/C=C\C/C=C\C/C=C\C/C=C\C/C=C\C/C=C\CCCCCCCCCCCCCCCCCCC(=O)OCC(COC(=O)CCCCCCCCCCCCC)OC(=O)CCCCCCC/C=C\C/C=C\CCC. The zero-order chi connectivity index (χ0) is 55.7. The third kappa shape index (κ3) is 63.0. The minimum atomic E-state index is -0.781. The van der Waals surface area contributed by atoms with Gasteiger partial charge in [-0.3, -0.25) is 14.4 Å². The fourth-order valence-electron chi connectivity index (χ4n) is 9.19. The van der Waals surface area contributed by atoms with Gasteiger partial charge in [0.05, 0.1) is 0 Å². The second-order valence-electron chi connectivity index (χ2n) is 21.6. The molecule has 1 unspecified atom stereocenters. The molecule has 77 heavy (non-hydrogen) atoms. The number of allylic oxidation sites excluding steroid dienone is 16. The van der Waals surface area contributed by atoms with Crippen molar-refractivity contribution in [3.8, 4) is 0 Å². The van der Waals surface area contributed by atoms with Crippen LogP contribution < -0.4 is 0 Å². The second kappa shape index (κ2) is 64.9. The summed E-state index contributed by atoms with van der Waals surface area (Å²) in [6, 6.07) is 0. The van der Waals surface area contributed by atoms with Crippen LogP contribution in [0.3, 0.4) is 0 Å². The van der Waals surface area contributed by atoms with Gasteiger partial charge in [0.1, 0.15) is 13.2 Å². The highest BCUT2D eigenvalue weighted by atomic mass is 16.6. The van der Waals surface area contributed by atoms with Gasteiger partial charge in [0.2, 0.25) is 0 Å². The molecule has 0 aliphatic carbocycles. The Morgan fingerprint density at radius 1 is 0.273 bits per heavy atom. The molecular weight excluding hydrogens is 949 g/mol. The normalized spacial score (nSPS) is 12.7. The van der Waals surface area contributed by atoms with Gasteiger partial charge < -0.3 is 14.2 Å². The third-order valence-electron chi connectivity index (χ3n) is 14.1. The van der Waals surface area contributed by atoms with Crippen molar-refractivity contribution in [2.45, 2.75) is 322 Å². The highest BCUT2D eigenvalue weighted by molar-refractivity contribution is 5.71. The van der Waals surface area contributed by atoms with E-state index >= 15 is 0 Å². The number of hydrogen-bond donors (Lipinski definition) is 0. The van der Waals surface area contributed by atoms with E-state index < -0.39 is 6.10 Å². The van der Waals surface area contributed by atoms with Crippen molar-refractivity contribution in [2.75, 3.05) is 13.2 Å². The number of unbranched alkanes of at least 4 members (excludes halogenated alkanes) is 32. The molecule has 0 radical (unpaired) electrons. The third-order valence-corrected chi connectivity index (χ3v) is 14.1. The fraction of sp³-hybridized carbons (Fsp3) is 0.732. The van der Waals surface area contributed by atoms with Crippen LogP contribution in [0.5, 0.6) is 0 Å². The maximum atomic E-state index is 12.8. The molecule has 0 aromatic heterocycles. The smallest absolute Gasteiger partial charge is 0.306 e. The summed E-state index contributed by atoms with van der Waals surface area (Å²) in [6.45, 7) is 6.46. The largest absolute Gasteiger partial charge is 0.462 e. The molecule has 442 valence electrons. The first-order chi connectivity index (χ1) is 38.0. The van der Waals surface area contributed by atoms with Crippen LogP contribution in [0.2, 0.25) is 0 Å². The lowest BCUT2D eigenvalue weighted by molar-refractivity contribution is -0.167. The van der Waals surface area contributed by atoms with Crippen LogP contribution in [0.15, 0.2) is 97.2 Å². The summed E-state index contributed by atoms with van der Waals surface area (Å²) in [5, 5.41) is 0. The number of carbonyl (C=O) groups is 3.